The van der Waals surface area contributed by atoms with Crippen LogP contribution in [0.1, 0.15) is 32.6 Å². The predicted molar refractivity (Wildman–Crippen MR) is 75.8 cm³/mol. The van der Waals surface area contributed by atoms with E-state index >= 15 is 0 Å². The summed E-state index contributed by atoms with van der Waals surface area (Å²) in [5.41, 5.74) is 6.11. The van der Waals surface area contributed by atoms with E-state index in [0.29, 0.717) is 0 Å². The number of carbonyl (C=O) groups is 2. The first-order valence-electron chi connectivity index (χ1n) is 6.35. The highest BCUT2D eigenvalue weighted by molar-refractivity contribution is 5.97. The number of primary amides is 1. The van der Waals surface area contributed by atoms with Gasteiger partial charge in [-0.1, -0.05) is 30.3 Å². The first-order valence-corrected chi connectivity index (χ1v) is 6.35. The van der Waals surface area contributed by atoms with Crippen molar-refractivity contribution in [2.45, 2.75) is 6.04 Å². The average molecular weight is 288 g/mol. The van der Waals surface area contributed by atoms with Crippen molar-refractivity contribution in [1.29, 1.82) is 0 Å². The van der Waals surface area contributed by atoms with Crippen molar-refractivity contribution in [2.75, 3.05) is 13.7 Å². The van der Waals surface area contributed by atoms with Crippen LogP contribution >= 0.6 is 0 Å². The van der Waals surface area contributed by atoms with Gasteiger partial charge in [-0.05, 0) is 5.56 Å². The van der Waals surface area contributed by atoms with Gasteiger partial charge < -0.3 is 16.2 Å². The minimum Gasteiger partial charge on any atom is -0.394 e. The van der Waals surface area contributed by atoms with Crippen molar-refractivity contribution in [3.63, 3.8) is 0 Å². The van der Waals surface area contributed by atoms with E-state index in [1.807, 2.05) is 18.2 Å². The number of aromatic nitrogens is 2. The number of hydrogen-bond donors (Lipinski definition) is 3. The maximum atomic E-state index is 11.9. The summed E-state index contributed by atoms with van der Waals surface area (Å²) in [6.07, 6.45) is 0. The molecule has 2 rings (SSSR count). The topological polar surface area (TPSA) is 110 Å². The van der Waals surface area contributed by atoms with Gasteiger partial charge in [0.15, 0.2) is 5.69 Å². The highest BCUT2D eigenvalue weighted by atomic mass is 16.3. The number of nitrogens with one attached hydrogen (secondary N) is 1. The summed E-state index contributed by atoms with van der Waals surface area (Å²) in [6, 6.07) is 9.82. The predicted octanol–water partition coefficient (Wildman–Crippen LogP) is -0.0767. The molecule has 7 heteroatoms. The summed E-state index contributed by atoms with van der Waals surface area (Å²) in [5, 5.41) is 16.2. The number of carbonyl (C=O) groups excluding carboxylic acids is 2. The van der Waals surface area contributed by atoms with Crippen molar-refractivity contribution >= 4 is 11.8 Å². The molecular formula is C14H16N4O3. The van der Waals surface area contributed by atoms with E-state index in [9.17, 15) is 14.7 Å². The fourth-order valence-electron chi connectivity index (χ4n) is 2.05. The summed E-state index contributed by atoms with van der Waals surface area (Å²) in [6.45, 7) is -0.270. The zero-order valence-corrected chi connectivity index (χ0v) is 11.5. The molecule has 2 amide bonds. The zero-order valence-electron chi connectivity index (χ0n) is 11.5. The highest BCUT2D eigenvalue weighted by Crippen LogP contribution is 2.20. The van der Waals surface area contributed by atoms with Crippen LogP contribution in [0.2, 0.25) is 0 Å². The van der Waals surface area contributed by atoms with E-state index < -0.39 is 17.9 Å². The zero-order chi connectivity index (χ0) is 15.4. The molecule has 1 aromatic heterocycles. The van der Waals surface area contributed by atoms with Gasteiger partial charge in [0, 0.05) is 13.1 Å². The van der Waals surface area contributed by atoms with E-state index in [0.717, 1.165) is 5.56 Å². The highest BCUT2D eigenvalue weighted by Gasteiger charge is 2.23. The average Bonchev–Trinajstić information content (AvgIpc) is 2.94. The van der Waals surface area contributed by atoms with Gasteiger partial charge in [-0.3, -0.25) is 9.59 Å². The molecule has 2 aromatic rings. The van der Waals surface area contributed by atoms with E-state index in [2.05, 4.69) is 10.4 Å². The second-order valence-corrected chi connectivity index (χ2v) is 4.41. The Bertz CT molecular complexity index is 651. The molecule has 4 N–H and O–H groups in total. The number of hydrogen-bond acceptors (Lipinski definition) is 4. The third-order valence-electron chi connectivity index (χ3n) is 3.10. The number of aliphatic hydroxyl groups is 1. The molecule has 1 atom stereocenters. The maximum absolute atomic E-state index is 11.9. The van der Waals surface area contributed by atoms with E-state index in [4.69, 9.17) is 5.73 Å². The van der Waals surface area contributed by atoms with Gasteiger partial charge in [-0.15, -0.1) is 0 Å². The summed E-state index contributed by atoms with van der Waals surface area (Å²) >= 11 is 0. The number of nitrogens with zero attached hydrogens (tertiary/aromatic N) is 2. The number of benzene rings is 1. The first-order chi connectivity index (χ1) is 10.1. The molecule has 0 aliphatic carbocycles. The van der Waals surface area contributed by atoms with Gasteiger partial charge >= 0.3 is 0 Å². The Morgan fingerprint density at radius 1 is 1.38 bits per heavy atom. The molecule has 0 radical (unpaired) electrons. The largest absolute Gasteiger partial charge is 0.394 e. The van der Waals surface area contributed by atoms with Crippen molar-refractivity contribution in [1.82, 2.24) is 15.1 Å². The Balaban J connectivity index is 2.54. The molecule has 0 unspecified atom stereocenters. The standard InChI is InChI=1S/C14H16N4O3/c1-16-14(21)11-7-10(13(15)20)17-18(11)12(8-19)9-5-3-2-4-6-9/h2-7,12,19H,8H2,1H3,(H2,15,20)(H,16,21)/t12-/m0/s1. The number of aliphatic hydroxyl groups excluding tert-OH is 1. The molecule has 1 heterocycles. The minimum absolute atomic E-state index is 0.0250. The van der Waals surface area contributed by atoms with Gasteiger partial charge in [-0.25, -0.2) is 4.68 Å². The van der Waals surface area contributed by atoms with Crippen LogP contribution in [-0.2, 0) is 0 Å². The Morgan fingerprint density at radius 3 is 2.57 bits per heavy atom. The molecule has 7 nitrogen and oxygen atoms in total. The maximum Gasteiger partial charge on any atom is 0.269 e. The summed E-state index contributed by atoms with van der Waals surface area (Å²) < 4.78 is 1.31. The minimum atomic E-state index is -0.733. The summed E-state index contributed by atoms with van der Waals surface area (Å²) in [5.74, 6) is -1.15. The van der Waals surface area contributed by atoms with Gasteiger partial charge in [0.2, 0.25) is 0 Å². The van der Waals surface area contributed by atoms with Crippen LogP contribution in [0.5, 0.6) is 0 Å². The lowest BCUT2D eigenvalue weighted by Crippen LogP contribution is -2.26. The molecule has 0 saturated heterocycles. The van der Waals surface area contributed by atoms with Crippen LogP contribution < -0.4 is 11.1 Å². The quantitative estimate of drug-likeness (QED) is 0.714. The molecule has 0 spiro atoms. The van der Waals surface area contributed by atoms with Crippen LogP contribution in [0.3, 0.4) is 0 Å². The van der Waals surface area contributed by atoms with Gasteiger partial charge in [0.05, 0.1) is 6.61 Å². The number of rotatable bonds is 5. The third kappa shape index (κ3) is 2.92. The lowest BCUT2D eigenvalue weighted by Gasteiger charge is -2.17. The lowest BCUT2D eigenvalue weighted by atomic mass is 10.1. The van der Waals surface area contributed by atoms with Crippen molar-refractivity contribution in [3.05, 3.63) is 53.3 Å². The Kier molecular flexibility index (Phi) is 4.34. The van der Waals surface area contributed by atoms with E-state index in [-0.39, 0.29) is 18.0 Å². The molecule has 0 saturated carbocycles. The smallest absolute Gasteiger partial charge is 0.269 e. The van der Waals surface area contributed by atoms with E-state index in [1.165, 1.54) is 17.8 Å². The van der Waals surface area contributed by atoms with Crippen LogP contribution in [0.25, 0.3) is 0 Å². The normalized spacial score (nSPS) is 11.9. The SMILES string of the molecule is CNC(=O)c1cc(C(N)=O)nn1[C@@H](CO)c1ccccc1. The second-order valence-electron chi connectivity index (χ2n) is 4.41. The number of nitrogens with two attached hydrogens (primary N) is 1. The first kappa shape index (κ1) is 14.7. The van der Waals surface area contributed by atoms with Crippen molar-refractivity contribution in [3.8, 4) is 0 Å². The van der Waals surface area contributed by atoms with Crippen molar-refractivity contribution in [2.24, 2.45) is 5.73 Å². The van der Waals surface area contributed by atoms with Crippen LogP contribution in [0.15, 0.2) is 36.4 Å². The Hall–Kier alpha value is -2.67. The van der Waals surface area contributed by atoms with Crippen molar-refractivity contribution < 1.29 is 14.7 Å². The molecule has 0 aliphatic rings. The van der Waals surface area contributed by atoms with Crippen LogP contribution in [0, 0.1) is 0 Å². The summed E-state index contributed by atoms with van der Waals surface area (Å²) in [7, 11) is 1.47. The summed E-state index contributed by atoms with van der Waals surface area (Å²) in [4.78, 5) is 23.2. The molecule has 0 fully saturated rings. The third-order valence-corrected chi connectivity index (χ3v) is 3.10. The van der Waals surface area contributed by atoms with Crippen LogP contribution in [0.4, 0.5) is 0 Å². The fourth-order valence-corrected chi connectivity index (χ4v) is 2.05. The van der Waals surface area contributed by atoms with Gasteiger partial charge in [-0.2, -0.15) is 5.10 Å². The Labute approximate surface area is 121 Å². The monoisotopic (exact) mass is 288 g/mol. The molecular weight excluding hydrogens is 272 g/mol. The second kappa shape index (κ2) is 6.19. The van der Waals surface area contributed by atoms with E-state index in [1.54, 1.807) is 12.1 Å². The van der Waals surface area contributed by atoms with Gasteiger partial charge in [0.25, 0.3) is 11.8 Å². The molecule has 21 heavy (non-hydrogen) atoms. The molecule has 110 valence electrons. The number of amides is 2. The molecule has 0 aliphatic heterocycles. The lowest BCUT2D eigenvalue weighted by molar-refractivity contribution is 0.0946. The molecule has 0 bridgehead atoms. The molecule has 1 aromatic carbocycles. The van der Waals surface area contributed by atoms with Gasteiger partial charge in [0.1, 0.15) is 11.7 Å². The fraction of sp³-hybridized carbons (Fsp3) is 0.214. The van der Waals surface area contributed by atoms with Crippen LogP contribution in [-0.4, -0.2) is 40.4 Å². The Morgan fingerprint density at radius 2 is 2.05 bits per heavy atom.